The molecular weight excluding hydrogens is 478 g/mol. The Morgan fingerprint density at radius 2 is 1.77 bits per heavy atom. The molecule has 0 radical (unpaired) electrons. The molecule has 0 bridgehead atoms. The Hall–Kier alpha value is -1.75. The van der Waals surface area contributed by atoms with E-state index in [1.54, 1.807) is 0 Å². The fourth-order valence-electron chi connectivity index (χ4n) is 4.96. The summed E-state index contributed by atoms with van der Waals surface area (Å²) < 4.78 is 33.7. The third-order valence-corrected chi connectivity index (χ3v) is 10.2. The van der Waals surface area contributed by atoms with Crippen LogP contribution in [0.3, 0.4) is 0 Å². The molecule has 8 nitrogen and oxygen atoms in total. The largest absolute Gasteiger partial charge is 0.359 e. The van der Waals surface area contributed by atoms with Crippen LogP contribution in [0.4, 0.5) is 11.6 Å². The highest BCUT2D eigenvalue weighted by atomic mass is 32.2. The first-order valence-corrected chi connectivity index (χ1v) is 18.4. The Morgan fingerprint density at radius 1 is 1.09 bits per heavy atom. The smallest absolute Gasteiger partial charge is 0.249 e. The molecule has 35 heavy (non-hydrogen) atoms. The number of anilines is 2. The number of benzene rings is 1. The Labute approximate surface area is 211 Å². The molecule has 0 amide bonds. The summed E-state index contributed by atoms with van der Waals surface area (Å²) in [7, 11) is -4.84. The molecule has 2 N–H and O–H groups in total. The molecule has 0 saturated heterocycles. The van der Waals surface area contributed by atoms with Gasteiger partial charge in [0.1, 0.15) is 6.73 Å². The van der Waals surface area contributed by atoms with E-state index in [-0.39, 0.29) is 17.6 Å². The van der Waals surface area contributed by atoms with Crippen molar-refractivity contribution < 1.29 is 13.2 Å². The predicted octanol–water partition coefficient (Wildman–Crippen LogP) is 4.08. The van der Waals surface area contributed by atoms with Gasteiger partial charge in [0.15, 0.2) is 0 Å². The van der Waals surface area contributed by atoms with Crippen LogP contribution in [0.1, 0.15) is 48.4 Å². The molecule has 2 aliphatic rings. The summed E-state index contributed by atoms with van der Waals surface area (Å²) in [6, 6.07) is 3.40. The topological polar surface area (TPSA) is 98.1 Å². The quantitative estimate of drug-likeness (QED) is 0.304. The molecule has 2 aromatic rings. The Bertz CT molecular complexity index is 1110. The van der Waals surface area contributed by atoms with Gasteiger partial charge in [-0.15, -0.1) is 5.10 Å². The molecule has 0 fully saturated rings. The van der Waals surface area contributed by atoms with Gasteiger partial charge in [-0.1, -0.05) is 32.6 Å². The van der Waals surface area contributed by atoms with Gasteiger partial charge in [0, 0.05) is 20.4 Å². The van der Waals surface area contributed by atoms with E-state index in [4.69, 9.17) is 4.74 Å². The van der Waals surface area contributed by atoms with Gasteiger partial charge in [-0.25, -0.2) is 13.1 Å². The number of aromatic nitrogens is 3. The number of aryl methyl sites for hydroxylation is 2. The third-order valence-electron chi connectivity index (χ3n) is 6.85. The third kappa shape index (κ3) is 6.52. The van der Waals surface area contributed by atoms with Crippen molar-refractivity contribution in [3.05, 3.63) is 28.3 Å². The normalized spacial score (nSPS) is 15.4. The van der Waals surface area contributed by atoms with Gasteiger partial charge in [-0.2, -0.15) is 4.98 Å². The van der Waals surface area contributed by atoms with Crippen molar-refractivity contribution in [3.63, 3.8) is 0 Å². The Morgan fingerprint density at radius 3 is 2.40 bits per heavy atom. The van der Waals surface area contributed by atoms with Crippen LogP contribution in [-0.4, -0.2) is 56.7 Å². The van der Waals surface area contributed by atoms with Crippen molar-refractivity contribution in [1.29, 1.82) is 0 Å². The lowest BCUT2D eigenvalue weighted by Gasteiger charge is -2.15. The van der Waals surface area contributed by atoms with Crippen molar-refractivity contribution in [2.75, 3.05) is 30.8 Å². The van der Waals surface area contributed by atoms with Gasteiger partial charge < -0.3 is 15.4 Å². The molecule has 0 unspecified atom stereocenters. The average Bonchev–Trinajstić information content (AvgIpc) is 3.53. The molecule has 4 rings (SSSR count). The first-order chi connectivity index (χ1) is 16.7. The van der Waals surface area contributed by atoms with Crippen LogP contribution < -0.4 is 10.6 Å². The first kappa shape index (κ1) is 26.3. The molecule has 10 heteroatoms. The van der Waals surface area contributed by atoms with Crippen molar-refractivity contribution in [3.8, 4) is 0 Å². The van der Waals surface area contributed by atoms with Crippen LogP contribution in [0.5, 0.6) is 0 Å². The maximum atomic E-state index is 13.2. The molecule has 0 atom stereocenters. The van der Waals surface area contributed by atoms with Crippen molar-refractivity contribution in [2.24, 2.45) is 0 Å². The van der Waals surface area contributed by atoms with E-state index in [0.717, 1.165) is 56.8 Å². The second-order valence-electron chi connectivity index (χ2n) is 11.0. The summed E-state index contributed by atoms with van der Waals surface area (Å²) in [5, 5.41) is 11.2. The lowest BCUT2D eigenvalue weighted by molar-refractivity contribution is 0.0715. The van der Waals surface area contributed by atoms with Gasteiger partial charge in [0.25, 0.3) is 0 Å². The highest BCUT2D eigenvalue weighted by molar-refractivity contribution is 7.91. The summed E-state index contributed by atoms with van der Waals surface area (Å²) >= 11 is 0. The highest BCUT2D eigenvalue weighted by Gasteiger charge is 2.27. The summed E-state index contributed by atoms with van der Waals surface area (Å²) in [5.41, 5.74) is 6.64. The molecule has 2 aliphatic carbocycles. The van der Waals surface area contributed by atoms with Crippen LogP contribution in [0.15, 0.2) is 11.2 Å². The Balaban J connectivity index is 1.59. The summed E-state index contributed by atoms with van der Waals surface area (Å²) in [5.74, 6) is 0.377. The van der Waals surface area contributed by atoms with Crippen molar-refractivity contribution >= 4 is 29.5 Å². The van der Waals surface area contributed by atoms with E-state index >= 15 is 0 Å². The molecule has 0 spiro atoms. The minimum atomic E-state index is -3.59. The summed E-state index contributed by atoms with van der Waals surface area (Å²) in [6.07, 6.45) is 7.14. The van der Waals surface area contributed by atoms with E-state index in [1.165, 1.54) is 26.9 Å². The summed E-state index contributed by atoms with van der Waals surface area (Å²) in [6.45, 7) is 11.1. The molecular formula is C25H41N5O3SSi. The van der Waals surface area contributed by atoms with Crippen molar-refractivity contribution in [2.45, 2.75) is 89.4 Å². The predicted molar refractivity (Wildman–Crippen MR) is 143 cm³/mol. The first-order valence-electron chi connectivity index (χ1n) is 13.1. The molecule has 0 aliphatic heterocycles. The molecule has 0 saturated carbocycles. The number of fused-ring (bicyclic) bond motifs is 2. The SMILES string of the molecule is CCNCCCS(=O)(=O)c1nc(Nc2c3c(cc4c2CCC4)CCC3)nn1COCC[Si](C)(C)C. The molecule has 1 heterocycles. The molecule has 1 aromatic carbocycles. The van der Waals surface area contributed by atoms with Gasteiger partial charge in [0.05, 0.1) is 5.75 Å². The van der Waals surface area contributed by atoms with Gasteiger partial charge in [0.2, 0.25) is 20.9 Å². The molecule has 194 valence electrons. The van der Waals surface area contributed by atoms with E-state index in [9.17, 15) is 8.42 Å². The lowest BCUT2D eigenvalue weighted by atomic mass is 9.99. The highest BCUT2D eigenvalue weighted by Crippen LogP contribution is 2.39. The van der Waals surface area contributed by atoms with Crippen LogP contribution in [0.2, 0.25) is 25.7 Å². The van der Waals surface area contributed by atoms with Gasteiger partial charge in [-0.3, -0.25) is 0 Å². The zero-order chi connectivity index (χ0) is 25.1. The van der Waals surface area contributed by atoms with Crippen LogP contribution in [0, 0.1) is 0 Å². The minimum absolute atomic E-state index is 0.00581. The second kappa shape index (κ2) is 11.1. The van der Waals surface area contributed by atoms with E-state index in [2.05, 4.69) is 46.4 Å². The minimum Gasteiger partial charge on any atom is -0.359 e. The maximum absolute atomic E-state index is 13.2. The fraction of sp³-hybridized carbons (Fsp3) is 0.680. The number of hydrogen-bond donors (Lipinski definition) is 2. The average molecular weight is 520 g/mol. The Kier molecular flexibility index (Phi) is 8.35. The maximum Gasteiger partial charge on any atom is 0.249 e. The van der Waals surface area contributed by atoms with Gasteiger partial charge in [-0.05, 0) is 86.3 Å². The van der Waals surface area contributed by atoms with Crippen LogP contribution in [0.25, 0.3) is 0 Å². The van der Waals surface area contributed by atoms with E-state index < -0.39 is 17.9 Å². The lowest BCUT2D eigenvalue weighted by Crippen LogP contribution is -2.23. The van der Waals surface area contributed by atoms with Gasteiger partial charge >= 0.3 is 0 Å². The number of hydrogen-bond acceptors (Lipinski definition) is 7. The monoisotopic (exact) mass is 519 g/mol. The zero-order valence-corrected chi connectivity index (χ0v) is 23.6. The number of nitrogens with one attached hydrogen (secondary N) is 2. The second-order valence-corrected chi connectivity index (χ2v) is 18.6. The standard InChI is InChI=1S/C25H41N5O3SSi/c1-5-26-13-8-15-34(31,32)25-28-24(29-30(25)18-33-14-16-35(2,3)4)27-23-21-11-6-9-19(21)17-20-10-7-12-22(20)23/h17,26H,5-16,18H2,1-4H3,(H,27,29). The fourth-order valence-corrected chi connectivity index (χ4v) is 7.06. The number of rotatable bonds is 13. The zero-order valence-electron chi connectivity index (χ0n) is 21.7. The number of ether oxygens (including phenoxy) is 1. The van der Waals surface area contributed by atoms with E-state index in [0.29, 0.717) is 25.5 Å². The molecule has 1 aromatic heterocycles. The number of sulfone groups is 1. The number of nitrogens with zero attached hydrogens (tertiary/aromatic N) is 3. The van der Waals surface area contributed by atoms with Crippen LogP contribution >= 0.6 is 0 Å². The van der Waals surface area contributed by atoms with Crippen LogP contribution in [-0.2, 0) is 47.0 Å². The van der Waals surface area contributed by atoms with Crippen molar-refractivity contribution in [1.82, 2.24) is 20.1 Å². The summed E-state index contributed by atoms with van der Waals surface area (Å²) in [4.78, 5) is 4.52. The van der Waals surface area contributed by atoms with E-state index in [1.807, 2.05) is 6.92 Å².